The number of carbonyl (C=O) groups is 4. The van der Waals surface area contributed by atoms with Crippen LogP contribution in [0.2, 0.25) is 0 Å². The molecule has 0 bridgehead atoms. The Labute approximate surface area is 187 Å². The highest BCUT2D eigenvalue weighted by Gasteiger charge is 2.36. The van der Waals surface area contributed by atoms with Gasteiger partial charge in [0.05, 0.1) is 20.3 Å². The topological polar surface area (TPSA) is 140 Å². The van der Waals surface area contributed by atoms with E-state index in [9.17, 15) is 19.2 Å². The highest BCUT2D eigenvalue weighted by molar-refractivity contribution is 5.81. The molecule has 2 N–H and O–H groups in total. The molecule has 0 spiro atoms. The summed E-state index contributed by atoms with van der Waals surface area (Å²) in [6.07, 6.45) is -0.222. The molecule has 0 aromatic heterocycles. The van der Waals surface area contributed by atoms with Crippen LogP contribution in [-0.4, -0.2) is 49.9 Å². The average Bonchev–Trinajstić information content (AvgIpc) is 2.68. The van der Waals surface area contributed by atoms with Gasteiger partial charge in [0, 0.05) is 26.7 Å². The molecule has 1 rings (SSSR count). The summed E-state index contributed by atoms with van der Waals surface area (Å²) < 4.78 is 24.9. The molecule has 1 atom stereocenters. The van der Waals surface area contributed by atoms with Crippen LogP contribution in [0, 0.1) is 5.92 Å². The highest BCUT2D eigenvalue weighted by atomic mass is 16.7. The lowest BCUT2D eigenvalue weighted by Crippen LogP contribution is -2.51. The molecule has 0 fully saturated rings. The molecular weight excluding hydrogens is 422 g/mol. The summed E-state index contributed by atoms with van der Waals surface area (Å²) in [6, 6.07) is 4.43. The summed E-state index contributed by atoms with van der Waals surface area (Å²) in [4.78, 5) is 46.7. The van der Waals surface area contributed by atoms with Gasteiger partial charge >= 0.3 is 24.1 Å². The first-order chi connectivity index (χ1) is 15.0. The summed E-state index contributed by atoms with van der Waals surface area (Å²) in [5.41, 5.74) is 5.25. The van der Waals surface area contributed by atoms with Crippen molar-refractivity contribution in [2.24, 2.45) is 11.7 Å². The van der Waals surface area contributed by atoms with Crippen molar-refractivity contribution in [3.63, 3.8) is 0 Å². The van der Waals surface area contributed by atoms with Gasteiger partial charge in [-0.1, -0.05) is 19.9 Å². The number of hydrogen-bond acceptors (Lipinski definition) is 10. The van der Waals surface area contributed by atoms with Crippen LogP contribution in [0.3, 0.4) is 0 Å². The van der Waals surface area contributed by atoms with Gasteiger partial charge in [0.1, 0.15) is 5.54 Å². The van der Waals surface area contributed by atoms with Crippen molar-refractivity contribution < 1.29 is 42.9 Å². The van der Waals surface area contributed by atoms with Gasteiger partial charge < -0.3 is 29.4 Å². The minimum absolute atomic E-state index is 0.00222. The first-order valence-corrected chi connectivity index (χ1v) is 10.1. The van der Waals surface area contributed by atoms with Crippen LogP contribution in [0.4, 0.5) is 4.79 Å². The van der Waals surface area contributed by atoms with Gasteiger partial charge in [0.15, 0.2) is 11.5 Å². The van der Waals surface area contributed by atoms with E-state index in [-0.39, 0.29) is 37.6 Å². The van der Waals surface area contributed by atoms with Crippen molar-refractivity contribution in [1.82, 2.24) is 0 Å². The molecule has 1 aromatic rings. The Bertz CT molecular complexity index is 822. The van der Waals surface area contributed by atoms with Crippen molar-refractivity contribution in [1.29, 1.82) is 0 Å². The molecule has 0 aliphatic rings. The van der Waals surface area contributed by atoms with Crippen molar-refractivity contribution in [2.75, 3.05) is 20.3 Å². The molecule has 0 amide bonds. The minimum atomic E-state index is -1.54. The predicted molar refractivity (Wildman–Crippen MR) is 113 cm³/mol. The number of hydrogen-bond donors (Lipinski definition) is 1. The SMILES string of the molecule is COC(=O)[C@@](N)(CCOC(=O)OCCC(C)C)Cc1ccc(OC(C)=O)c(OC(C)=O)c1. The van der Waals surface area contributed by atoms with Crippen LogP contribution < -0.4 is 15.2 Å². The molecule has 10 heteroatoms. The molecule has 0 saturated carbocycles. The Hall–Kier alpha value is -3.14. The van der Waals surface area contributed by atoms with Gasteiger partial charge in [-0.15, -0.1) is 0 Å². The summed E-state index contributed by atoms with van der Waals surface area (Å²) in [5, 5.41) is 0. The fourth-order valence-corrected chi connectivity index (χ4v) is 2.70. The van der Waals surface area contributed by atoms with E-state index < -0.39 is 29.6 Å². The number of carbonyl (C=O) groups excluding carboxylic acids is 4. The quantitative estimate of drug-likeness (QED) is 0.392. The average molecular weight is 453 g/mol. The first kappa shape index (κ1) is 26.9. The highest BCUT2D eigenvalue weighted by Crippen LogP contribution is 2.30. The Balaban J connectivity index is 2.91. The van der Waals surface area contributed by atoms with Crippen LogP contribution in [0.5, 0.6) is 11.5 Å². The molecule has 10 nitrogen and oxygen atoms in total. The maximum absolute atomic E-state index is 12.4. The van der Waals surface area contributed by atoms with Gasteiger partial charge in [0.2, 0.25) is 0 Å². The van der Waals surface area contributed by atoms with Gasteiger partial charge in [-0.3, -0.25) is 14.4 Å². The number of benzene rings is 1. The second-order valence-corrected chi connectivity index (χ2v) is 7.67. The minimum Gasteiger partial charge on any atom is -0.468 e. The fourth-order valence-electron chi connectivity index (χ4n) is 2.70. The third kappa shape index (κ3) is 9.34. The lowest BCUT2D eigenvalue weighted by molar-refractivity contribution is -0.147. The summed E-state index contributed by atoms with van der Waals surface area (Å²) in [5.74, 6) is -1.50. The van der Waals surface area contributed by atoms with Crippen LogP contribution >= 0.6 is 0 Å². The number of nitrogens with two attached hydrogens (primary N) is 1. The lowest BCUT2D eigenvalue weighted by atomic mass is 9.88. The second kappa shape index (κ2) is 12.7. The van der Waals surface area contributed by atoms with Crippen molar-refractivity contribution in [3.05, 3.63) is 23.8 Å². The van der Waals surface area contributed by atoms with Crippen molar-refractivity contribution in [2.45, 2.75) is 52.5 Å². The Morgan fingerprint density at radius 3 is 2.12 bits per heavy atom. The molecule has 0 aliphatic carbocycles. The molecule has 1 aromatic carbocycles. The third-order valence-electron chi connectivity index (χ3n) is 4.31. The standard InChI is InChI=1S/C22H31NO9/c1-14(2)8-10-29-21(27)30-11-9-22(23,20(26)28-5)13-17-6-7-18(31-15(3)24)19(12-17)32-16(4)25/h6-7,12,14H,8-11,13,23H2,1-5H3/t22-/m1/s1. The van der Waals surface area contributed by atoms with E-state index in [2.05, 4.69) is 0 Å². The number of esters is 3. The molecule has 32 heavy (non-hydrogen) atoms. The molecule has 0 radical (unpaired) electrons. The van der Waals surface area contributed by atoms with Crippen molar-refractivity contribution in [3.8, 4) is 11.5 Å². The number of ether oxygens (including phenoxy) is 5. The maximum atomic E-state index is 12.4. The van der Waals surface area contributed by atoms with E-state index in [4.69, 9.17) is 29.4 Å². The zero-order valence-electron chi connectivity index (χ0n) is 19.1. The van der Waals surface area contributed by atoms with Crippen LogP contribution in [-0.2, 0) is 35.0 Å². The molecule has 0 heterocycles. The fraction of sp³-hybridized carbons (Fsp3) is 0.545. The first-order valence-electron chi connectivity index (χ1n) is 10.1. The number of rotatable bonds is 11. The van der Waals surface area contributed by atoms with Crippen LogP contribution in [0.15, 0.2) is 18.2 Å². The third-order valence-corrected chi connectivity index (χ3v) is 4.31. The maximum Gasteiger partial charge on any atom is 0.508 e. The van der Waals surface area contributed by atoms with Crippen LogP contribution in [0.1, 0.15) is 46.1 Å². The van der Waals surface area contributed by atoms with Gasteiger partial charge in [-0.2, -0.15) is 0 Å². The summed E-state index contributed by atoms with van der Waals surface area (Å²) in [7, 11) is 1.19. The molecule has 0 aliphatic heterocycles. The van der Waals surface area contributed by atoms with E-state index >= 15 is 0 Å². The van der Waals surface area contributed by atoms with Gasteiger partial charge in [-0.25, -0.2) is 4.79 Å². The monoisotopic (exact) mass is 453 g/mol. The zero-order chi connectivity index (χ0) is 24.3. The normalized spacial score (nSPS) is 12.5. The van der Waals surface area contributed by atoms with E-state index in [1.807, 2.05) is 13.8 Å². The smallest absolute Gasteiger partial charge is 0.468 e. The molecular formula is C22H31NO9. The Morgan fingerprint density at radius 2 is 1.56 bits per heavy atom. The van der Waals surface area contributed by atoms with E-state index in [1.54, 1.807) is 6.07 Å². The van der Waals surface area contributed by atoms with Crippen molar-refractivity contribution >= 4 is 24.1 Å². The molecule has 178 valence electrons. The lowest BCUT2D eigenvalue weighted by Gasteiger charge is -2.26. The molecule has 0 unspecified atom stereocenters. The van der Waals surface area contributed by atoms with E-state index in [0.717, 1.165) is 0 Å². The summed E-state index contributed by atoms with van der Waals surface area (Å²) >= 11 is 0. The molecule has 0 saturated heterocycles. The Morgan fingerprint density at radius 1 is 0.969 bits per heavy atom. The van der Waals surface area contributed by atoms with Gasteiger partial charge in [0.25, 0.3) is 0 Å². The van der Waals surface area contributed by atoms with E-state index in [1.165, 1.54) is 33.1 Å². The van der Waals surface area contributed by atoms with Gasteiger partial charge in [-0.05, 0) is 30.0 Å². The van der Waals surface area contributed by atoms with E-state index in [0.29, 0.717) is 17.9 Å². The number of methoxy groups -OCH3 is 1. The second-order valence-electron chi connectivity index (χ2n) is 7.67. The largest absolute Gasteiger partial charge is 0.508 e. The summed E-state index contributed by atoms with van der Waals surface area (Å²) in [6.45, 7) is 6.47. The predicted octanol–water partition coefficient (Wildman–Crippen LogP) is 2.54. The Kier molecular flexibility index (Phi) is 10.6. The zero-order valence-corrected chi connectivity index (χ0v) is 19.1. The van der Waals surface area contributed by atoms with Crippen LogP contribution in [0.25, 0.3) is 0 Å².